The normalized spacial score (nSPS) is 16.5. The van der Waals surface area contributed by atoms with Crippen molar-refractivity contribution in [3.05, 3.63) is 51.4 Å². The van der Waals surface area contributed by atoms with E-state index in [0.717, 1.165) is 25.3 Å². The van der Waals surface area contributed by atoms with Crippen LogP contribution < -0.4 is 9.47 Å². The molecule has 1 saturated heterocycles. The van der Waals surface area contributed by atoms with Gasteiger partial charge in [-0.25, -0.2) is 4.98 Å². The summed E-state index contributed by atoms with van der Waals surface area (Å²) < 4.78 is 13.0. The SMILES string of the molecule is COc1cc(Br)c(C(c2nc3ccccc3s2)N2CCC(C(=O)O)CC2)cc1OC. The second-order valence-corrected chi connectivity index (χ2v) is 9.22. The molecule has 8 heteroatoms. The van der Waals surface area contributed by atoms with E-state index in [9.17, 15) is 9.90 Å². The molecule has 0 bridgehead atoms. The van der Waals surface area contributed by atoms with Gasteiger partial charge in [-0.15, -0.1) is 11.3 Å². The van der Waals surface area contributed by atoms with Crippen LogP contribution in [0.15, 0.2) is 40.9 Å². The lowest BCUT2D eigenvalue weighted by molar-refractivity contribution is -0.143. The van der Waals surface area contributed by atoms with E-state index in [2.05, 4.69) is 26.9 Å². The molecule has 0 saturated carbocycles. The highest BCUT2D eigenvalue weighted by Gasteiger charge is 2.33. The van der Waals surface area contributed by atoms with Gasteiger partial charge >= 0.3 is 5.97 Å². The molecule has 1 N–H and O–H groups in total. The molecular weight excluding hydrogens is 468 g/mol. The van der Waals surface area contributed by atoms with Crippen LogP contribution in [-0.4, -0.2) is 48.3 Å². The number of carboxylic acid groups (broad SMARTS) is 1. The summed E-state index contributed by atoms with van der Waals surface area (Å²) in [6.45, 7) is 1.39. The van der Waals surface area contributed by atoms with Gasteiger partial charge in [0.1, 0.15) is 5.01 Å². The average Bonchev–Trinajstić information content (AvgIpc) is 3.18. The summed E-state index contributed by atoms with van der Waals surface area (Å²) in [7, 11) is 3.24. The number of carboxylic acids is 1. The fourth-order valence-electron chi connectivity index (χ4n) is 3.98. The number of benzene rings is 2. The van der Waals surface area contributed by atoms with E-state index in [-0.39, 0.29) is 12.0 Å². The molecule has 0 spiro atoms. The minimum absolute atomic E-state index is 0.105. The molecule has 158 valence electrons. The third-order valence-electron chi connectivity index (χ3n) is 5.59. The van der Waals surface area contributed by atoms with Crippen molar-refractivity contribution in [2.45, 2.75) is 18.9 Å². The number of ether oxygens (including phenoxy) is 2. The molecule has 1 fully saturated rings. The second-order valence-electron chi connectivity index (χ2n) is 7.30. The van der Waals surface area contributed by atoms with Crippen molar-refractivity contribution in [1.82, 2.24) is 9.88 Å². The third kappa shape index (κ3) is 4.04. The van der Waals surface area contributed by atoms with Gasteiger partial charge in [-0.3, -0.25) is 9.69 Å². The van der Waals surface area contributed by atoms with Crippen LogP contribution in [0.3, 0.4) is 0 Å². The van der Waals surface area contributed by atoms with Crippen molar-refractivity contribution >= 4 is 43.5 Å². The Kier molecular flexibility index (Phi) is 6.26. The molecule has 0 radical (unpaired) electrons. The van der Waals surface area contributed by atoms with E-state index in [1.165, 1.54) is 0 Å². The predicted molar refractivity (Wildman–Crippen MR) is 121 cm³/mol. The Morgan fingerprint density at radius 3 is 2.50 bits per heavy atom. The van der Waals surface area contributed by atoms with Crippen LogP contribution in [0.4, 0.5) is 0 Å². The first-order chi connectivity index (χ1) is 14.5. The summed E-state index contributed by atoms with van der Waals surface area (Å²) in [5, 5.41) is 10.4. The average molecular weight is 491 g/mol. The molecule has 0 aliphatic carbocycles. The van der Waals surface area contributed by atoms with Crippen molar-refractivity contribution in [2.24, 2.45) is 5.92 Å². The topological polar surface area (TPSA) is 71.9 Å². The number of hydrogen-bond acceptors (Lipinski definition) is 6. The van der Waals surface area contributed by atoms with Crippen LogP contribution in [0.5, 0.6) is 11.5 Å². The number of carbonyl (C=O) groups is 1. The Labute approximate surface area is 187 Å². The van der Waals surface area contributed by atoms with Crippen LogP contribution in [-0.2, 0) is 4.79 Å². The summed E-state index contributed by atoms with van der Waals surface area (Å²) in [6, 6.07) is 11.9. The Hall–Kier alpha value is -2.16. The maximum atomic E-state index is 11.4. The van der Waals surface area contributed by atoms with Crippen LogP contribution >= 0.6 is 27.3 Å². The number of rotatable bonds is 6. The number of thiazole rings is 1. The fourth-order valence-corrected chi connectivity index (χ4v) is 5.64. The zero-order valence-electron chi connectivity index (χ0n) is 16.8. The summed E-state index contributed by atoms with van der Waals surface area (Å²) in [5.41, 5.74) is 2.00. The smallest absolute Gasteiger partial charge is 0.306 e. The highest BCUT2D eigenvalue weighted by Crippen LogP contribution is 2.43. The first-order valence-corrected chi connectivity index (χ1v) is 11.4. The van der Waals surface area contributed by atoms with Crippen LogP contribution in [0.25, 0.3) is 10.2 Å². The standard InChI is InChI=1S/C22H23BrN2O4S/c1-28-17-11-14(15(23)12-18(17)29-2)20(25-9-7-13(8-10-25)22(26)27)21-24-16-5-3-4-6-19(16)30-21/h3-6,11-13,20H,7-10H2,1-2H3,(H,26,27). The van der Waals surface area contributed by atoms with Gasteiger partial charge in [0.25, 0.3) is 0 Å². The lowest BCUT2D eigenvalue weighted by Gasteiger charge is -2.36. The number of methoxy groups -OCH3 is 2. The fraction of sp³-hybridized carbons (Fsp3) is 0.364. The van der Waals surface area contributed by atoms with Gasteiger partial charge in [-0.05, 0) is 55.8 Å². The van der Waals surface area contributed by atoms with E-state index < -0.39 is 5.97 Å². The molecule has 1 atom stereocenters. The van der Waals surface area contributed by atoms with Crippen LogP contribution in [0.1, 0.15) is 29.5 Å². The maximum Gasteiger partial charge on any atom is 0.306 e. The molecule has 6 nitrogen and oxygen atoms in total. The van der Waals surface area contributed by atoms with Crippen LogP contribution in [0.2, 0.25) is 0 Å². The number of aliphatic carboxylic acids is 1. The van der Waals surface area contributed by atoms with Crippen molar-refractivity contribution in [1.29, 1.82) is 0 Å². The quantitative estimate of drug-likeness (QED) is 0.526. The highest BCUT2D eigenvalue weighted by molar-refractivity contribution is 9.10. The molecule has 2 aromatic carbocycles. The molecule has 2 heterocycles. The molecule has 3 aromatic rings. The largest absolute Gasteiger partial charge is 0.493 e. The van der Waals surface area contributed by atoms with Gasteiger partial charge in [0.15, 0.2) is 11.5 Å². The number of halogens is 1. The zero-order valence-corrected chi connectivity index (χ0v) is 19.2. The molecule has 4 rings (SSSR count). The number of para-hydroxylation sites is 1. The number of nitrogens with zero attached hydrogens (tertiary/aromatic N) is 2. The Morgan fingerprint density at radius 1 is 1.20 bits per heavy atom. The first-order valence-electron chi connectivity index (χ1n) is 9.75. The molecule has 0 amide bonds. The molecule has 1 aromatic heterocycles. The van der Waals surface area contributed by atoms with Gasteiger partial charge in [-0.1, -0.05) is 28.1 Å². The summed E-state index contributed by atoms with van der Waals surface area (Å²) in [6.07, 6.45) is 1.25. The molecule has 1 unspecified atom stereocenters. The number of likely N-dealkylation sites (tertiary alicyclic amines) is 1. The van der Waals surface area contributed by atoms with E-state index >= 15 is 0 Å². The van der Waals surface area contributed by atoms with Gasteiger partial charge in [0, 0.05) is 4.47 Å². The highest BCUT2D eigenvalue weighted by atomic mass is 79.9. The number of fused-ring (bicyclic) bond motifs is 1. The number of hydrogen-bond donors (Lipinski definition) is 1. The van der Waals surface area contributed by atoms with E-state index in [0.29, 0.717) is 37.4 Å². The van der Waals surface area contributed by atoms with Gasteiger partial charge < -0.3 is 14.6 Å². The molecule has 30 heavy (non-hydrogen) atoms. The second kappa shape index (κ2) is 8.91. The maximum absolute atomic E-state index is 11.4. The third-order valence-corrected chi connectivity index (χ3v) is 7.36. The Balaban J connectivity index is 1.79. The Morgan fingerprint density at radius 2 is 1.87 bits per heavy atom. The predicted octanol–water partition coefficient (Wildman–Crippen LogP) is 4.96. The molecular formula is C22H23BrN2O4S. The summed E-state index contributed by atoms with van der Waals surface area (Å²) >= 11 is 5.39. The first kappa shape index (κ1) is 21.1. The summed E-state index contributed by atoms with van der Waals surface area (Å²) in [4.78, 5) is 18.7. The molecule has 1 aliphatic heterocycles. The number of piperidine rings is 1. The van der Waals surface area contributed by atoms with Crippen molar-refractivity contribution < 1.29 is 19.4 Å². The lowest BCUT2D eigenvalue weighted by Crippen LogP contribution is -2.39. The monoisotopic (exact) mass is 490 g/mol. The van der Waals surface area contributed by atoms with Gasteiger partial charge in [0.05, 0.1) is 36.4 Å². The lowest BCUT2D eigenvalue weighted by atomic mass is 9.94. The van der Waals surface area contributed by atoms with Crippen molar-refractivity contribution in [3.63, 3.8) is 0 Å². The minimum Gasteiger partial charge on any atom is -0.493 e. The minimum atomic E-state index is -0.710. The zero-order chi connectivity index (χ0) is 21.3. The van der Waals surface area contributed by atoms with Crippen molar-refractivity contribution in [3.8, 4) is 11.5 Å². The van der Waals surface area contributed by atoms with Crippen LogP contribution in [0, 0.1) is 5.92 Å². The van der Waals surface area contributed by atoms with Crippen molar-refractivity contribution in [2.75, 3.05) is 27.3 Å². The van der Waals surface area contributed by atoms with E-state index in [1.54, 1.807) is 25.6 Å². The van der Waals surface area contributed by atoms with E-state index in [1.807, 2.05) is 30.3 Å². The van der Waals surface area contributed by atoms with E-state index in [4.69, 9.17) is 14.5 Å². The van der Waals surface area contributed by atoms with Gasteiger partial charge in [-0.2, -0.15) is 0 Å². The number of aromatic nitrogens is 1. The molecule has 1 aliphatic rings. The summed E-state index contributed by atoms with van der Waals surface area (Å²) in [5.74, 6) is 0.313. The van der Waals surface area contributed by atoms with Gasteiger partial charge in [0.2, 0.25) is 0 Å². The Bertz CT molecular complexity index is 1030.